The molecule has 1 amide bonds. The Morgan fingerprint density at radius 3 is 2.97 bits per heavy atom. The van der Waals surface area contributed by atoms with Crippen molar-refractivity contribution in [3.05, 3.63) is 46.8 Å². The molecule has 29 heavy (non-hydrogen) atoms. The fraction of sp³-hybridized carbons (Fsp3) is 0.524. The van der Waals surface area contributed by atoms with Gasteiger partial charge >= 0.3 is 0 Å². The Kier molecular flexibility index (Phi) is 5.62. The minimum atomic E-state index is -0.498. The molecule has 1 unspecified atom stereocenters. The number of nitrogens with one attached hydrogen (secondary N) is 2. The highest BCUT2D eigenvalue weighted by Crippen LogP contribution is 2.30. The SMILES string of the molecule is CC1=C(OC2CCC2)N(C)CC(Cn2cc3c(n2)C=CNC3C(=O)NCCO)=C1. The summed E-state index contributed by atoms with van der Waals surface area (Å²) in [5, 5.41) is 19.4. The van der Waals surface area contributed by atoms with E-state index in [4.69, 9.17) is 9.84 Å². The van der Waals surface area contributed by atoms with Crippen molar-refractivity contribution in [1.82, 2.24) is 25.3 Å². The summed E-state index contributed by atoms with van der Waals surface area (Å²) in [5.41, 5.74) is 4.01. The molecular weight excluding hydrogens is 370 g/mol. The van der Waals surface area contributed by atoms with Crippen LogP contribution in [-0.4, -0.2) is 58.5 Å². The van der Waals surface area contributed by atoms with Crippen LogP contribution in [0.1, 0.15) is 43.5 Å². The Morgan fingerprint density at radius 2 is 2.28 bits per heavy atom. The zero-order valence-corrected chi connectivity index (χ0v) is 17.0. The average Bonchev–Trinajstić information content (AvgIpc) is 3.06. The summed E-state index contributed by atoms with van der Waals surface area (Å²) >= 11 is 0. The molecule has 156 valence electrons. The number of allylic oxidation sites excluding steroid dienone is 2. The fourth-order valence-corrected chi connectivity index (χ4v) is 3.92. The third kappa shape index (κ3) is 4.17. The van der Waals surface area contributed by atoms with Gasteiger partial charge in [0.25, 0.3) is 0 Å². The number of ether oxygens (including phenoxy) is 1. The van der Waals surface area contributed by atoms with Crippen molar-refractivity contribution in [3.63, 3.8) is 0 Å². The molecular formula is C21H29N5O3. The molecule has 0 saturated heterocycles. The van der Waals surface area contributed by atoms with Crippen LogP contribution < -0.4 is 10.6 Å². The maximum absolute atomic E-state index is 12.4. The summed E-state index contributed by atoms with van der Waals surface area (Å²) in [4.78, 5) is 14.5. The van der Waals surface area contributed by atoms with E-state index in [-0.39, 0.29) is 19.1 Å². The van der Waals surface area contributed by atoms with Crippen LogP contribution in [0.4, 0.5) is 0 Å². The van der Waals surface area contributed by atoms with E-state index in [9.17, 15) is 4.79 Å². The van der Waals surface area contributed by atoms with Crippen molar-refractivity contribution >= 4 is 12.0 Å². The molecule has 1 saturated carbocycles. The Labute approximate surface area is 170 Å². The molecule has 1 fully saturated rings. The molecule has 1 aliphatic carbocycles. The summed E-state index contributed by atoms with van der Waals surface area (Å²) in [5.74, 6) is 0.809. The molecule has 8 nitrogen and oxygen atoms in total. The van der Waals surface area contributed by atoms with Gasteiger partial charge in [-0.25, -0.2) is 0 Å². The van der Waals surface area contributed by atoms with Crippen LogP contribution in [0.15, 0.2) is 35.5 Å². The quantitative estimate of drug-likeness (QED) is 0.640. The second-order valence-electron chi connectivity index (χ2n) is 7.93. The summed E-state index contributed by atoms with van der Waals surface area (Å²) in [6.45, 7) is 3.69. The van der Waals surface area contributed by atoms with Gasteiger partial charge in [0.1, 0.15) is 12.1 Å². The largest absolute Gasteiger partial charge is 0.476 e. The number of aliphatic hydroxyl groups is 1. The molecule has 0 radical (unpaired) electrons. The normalized spacial score (nSPS) is 21.3. The molecule has 1 aromatic rings. The molecule has 1 aromatic heterocycles. The fourth-order valence-electron chi connectivity index (χ4n) is 3.92. The highest BCUT2D eigenvalue weighted by atomic mass is 16.5. The lowest BCUT2D eigenvalue weighted by atomic mass is 9.96. The molecule has 0 aromatic carbocycles. The van der Waals surface area contributed by atoms with Crippen LogP contribution in [0.25, 0.3) is 6.08 Å². The van der Waals surface area contributed by atoms with Gasteiger partial charge in [0.15, 0.2) is 5.88 Å². The Balaban J connectivity index is 1.48. The van der Waals surface area contributed by atoms with Crippen LogP contribution in [0.5, 0.6) is 0 Å². The number of carbonyl (C=O) groups is 1. The predicted octanol–water partition coefficient (Wildman–Crippen LogP) is 1.28. The number of likely N-dealkylation sites (N-methyl/N-ethyl adjacent to an activating group) is 1. The third-order valence-corrected chi connectivity index (χ3v) is 5.55. The van der Waals surface area contributed by atoms with E-state index in [1.54, 1.807) is 6.20 Å². The number of amides is 1. The summed E-state index contributed by atoms with van der Waals surface area (Å²) < 4.78 is 8.04. The Bertz CT molecular complexity index is 866. The molecule has 8 heteroatoms. The molecule has 3 aliphatic rings. The zero-order valence-electron chi connectivity index (χ0n) is 17.0. The summed E-state index contributed by atoms with van der Waals surface area (Å²) in [6, 6.07) is -0.498. The molecule has 3 N–H and O–H groups in total. The first kappa shape index (κ1) is 19.6. The van der Waals surface area contributed by atoms with E-state index in [1.165, 1.54) is 12.0 Å². The van der Waals surface area contributed by atoms with E-state index < -0.39 is 6.04 Å². The maximum atomic E-state index is 12.4. The summed E-state index contributed by atoms with van der Waals surface area (Å²) in [6.07, 6.45) is 11.6. The van der Waals surface area contributed by atoms with Gasteiger partial charge in [0.2, 0.25) is 5.91 Å². The van der Waals surface area contributed by atoms with Gasteiger partial charge in [0, 0.05) is 37.5 Å². The molecule has 3 heterocycles. The van der Waals surface area contributed by atoms with Crippen molar-refractivity contribution in [2.24, 2.45) is 0 Å². The second kappa shape index (κ2) is 8.32. The van der Waals surface area contributed by atoms with E-state index in [0.29, 0.717) is 12.6 Å². The minimum absolute atomic E-state index is 0.0819. The van der Waals surface area contributed by atoms with E-state index >= 15 is 0 Å². The summed E-state index contributed by atoms with van der Waals surface area (Å²) in [7, 11) is 2.06. The Hall–Kier alpha value is -2.74. The Morgan fingerprint density at radius 1 is 1.45 bits per heavy atom. The van der Waals surface area contributed by atoms with Crippen LogP contribution in [-0.2, 0) is 16.1 Å². The van der Waals surface area contributed by atoms with Crippen molar-refractivity contribution in [1.29, 1.82) is 0 Å². The molecule has 4 rings (SSSR count). The van der Waals surface area contributed by atoms with Gasteiger partial charge in [-0.05, 0) is 44.0 Å². The van der Waals surface area contributed by atoms with Crippen LogP contribution >= 0.6 is 0 Å². The number of aromatic nitrogens is 2. The van der Waals surface area contributed by atoms with Crippen molar-refractivity contribution in [3.8, 4) is 0 Å². The second-order valence-corrected chi connectivity index (χ2v) is 7.93. The molecule has 0 spiro atoms. The highest BCUT2D eigenvalue weighted by Gasteiger charge is 2.28. The standard InChI is InChI=1S/C21H29N5O3/c1-14-10-15(11-25(2)21(14)29-16-4-3-5-16)12-26-13-17-18(24-26)6-7-22-19(17)20(28)23-8-9-27/h6-7,10,13,16,19,22,27H,3-5,8-9,11-12H2,1-2H3,(H,23,28). The van der Waals surface area contributed by atoms with Gasteiger partial charge in [0.05, 0.1) is 18.8 Å². The van der Waals surface area contributed by atoms with Gasteiger partial charge < -0.3 is 25.4 Å². The van der Waals surface area contributed by atoms with E-state index in [1.807, 2.05) is 17.0 Å². The van der Waals surface area contributed by atoms with Crippen molar-refractivity contribution in [2.45, 2.75) is 44.9 Å². The van der Waals surface area contributed by atoms with Crippen LogP contribution in [0.3, 0.4) is 0 Å². The number of fused-ring (bicyclic) bond motifs is 1. The lowest BCUT2D eigenvalue weighted by molar-refractivity contribution is -0.123. The van der Waals surface area contributed by atoms with Gasteiger partial charge in [-0.15, -0.1) is 0 Å². The monoisotopic (exact) mass is 399 g/mol. The number of nitrogens with zero attached hydrogens (tertiary/aromatic N) is 3. The van der Waals surface area contributed by atoms with Gasteiger partial charge in [-0.1, -0.05) is 6.08 Å². The first-order chi connectivity index (χ1) is 14.0. The van der Waals surface area contributed by atoms with E-state index in [0.717, 1.165) is 42.1 Å². The zero-order chi connectivity index (χ0) is 20.4. The predicted molar refractivity (Wildman–Crippen MR) is 109 cm³/mol. The molecule has 0 bridgehead atoms. The van der Waals surface area contributed by atoms with Gasteiger partial charge in [-0.2, -0.15) is 5.10 Å². The molecule has 2 aliphatic heterocycles. The first-order valence-corrected chi connectivity index (χ1v) is 10.2. The number of aliphatic hydroxyl groups excluding tert-OH is 1. The molecule has 1 atom stereocenters. The number of hydrogen-bond acceptors (Lipinski definition) is 6. The van der Waals surface area contributed by atoms with Gasteiger partial charge in [-0.3, -0.25) is 9.48 Å². The smallest absolute Gasteiger partial charge is 0.247 e. The number of rotatable bonds is 7. The number of hydrogen-bond donors (Lipinski definition) is 3. The van der Waals surface area contributed by atoms with Crippen molar-refractivity contribution < 1.29 is 14.6 Å². The lowest BCUT2D eigenvalue weighted by Crippen LogP contribution is -2.38. The van der Waals surface area contributed by atoms with Crippen LogP contribution in [0, 0.1) is 0 Å². The van der Waals surface area contributed by atoms with E-state index in [2.05, 4.69) is 40.7 Å². The first-order valence-electron chi connectivity index (χ1n) is 10.2. The maximum Gasteiger partial charge on any atom is 0.247 e. The van der Waals surface area contributed by atoms with Crippen molar-refractivity contribution in [2.75, 3.05) is 26.7 Å². The van der Waals surface area contributed by atoms with Crippen LogP contribution in [0.2, 0.25) is 0 Å². The minimum Gasteiger partial charge on any atom is -0.476 e. The third-order valence-electron chi connectivity index (χ3n) is 5.55. The highest BCUT2D eigenvalue weighted by molar-refractivity contribution is 5.85. The topological polar surface area (TPSA) is 91.7 Å². The average molecular weight is 399 g/mol. The number of carbonyl (C=O) groups excluding carboxylic acids is 1. The lowest BCUT2D eigenvalue weighted by Gasteiger charge is -2.35.